The van der Waals surface area contributed by atoms with Crippen LogP contribution in [-0.2, 0) is 47.2 Å². The van der Waals surface area contributed by atoms with Gasteiger partial charge in [0.25, 0.3) is 0 Å². The number of esters is 2. The van der Waals surface area contributed by atoms with Crippen molar-refractivity contribution in [3.05, 3.63) is 12.2 Å². The first-order chi connectivity index (χ1) is 49.6. The van der Waals surface area contributed by atoms with Crippen molar-refractivity contribution in [1.82, 2.24) is 10.6 Å². The molecule has 7 N–H and O–H groups in total. The number of amides is 2. The van der Waals surface area contributed by atoms with E-state index in [1.165, 1.54) is 218 Å². The first kappa shape index (κ1) is 97.5. The molecule has 1 aliphatic rings. The maximum absolute atomic E-state index is 14.6. The lowest BCUT2D eigenvalue weighted by molar-refractivity contribution is -0.273. The van der Waals surface area contributed by atoms with Gasteiger partial charge in [-0.2, -0.15) is 0 Å². The summed E-state index contributed by atoms with van der Waals surface area (Å²) in [4.78, 5) is 77.3. The molecule has 102 heavy (non-hydrogen) atoms. The van der Waals surface area contributed by atoms with E-state index in [-0.39, 0.29) is 25.2 Å². The number of phosphoric acid groups is 1. The lowest BCUT2D eigenvalue weighted by atomic mass is 9.95. The third kappa shape index (κ3) is 58.6. The third-order valence-electron chi connectivity index (χ3n) is 20.6. The highest BCUT2D eigenvalue weighted by Crippen LogP contribution is 2.42. The second-order valence-electron chi connectivity index (χ2n) is 30.5. The van der Waals surface area contributed by atoms with E-state index in [4.69, 9.17) is 23.5 Å². The Labute approximate surface area is 624 Å². The smallest absolute Gasteiger partial charge is 0.462 e. The van der Waals surface area contributed by atoms with E-state index in [1.54, 1.807) is 6.08 Å². The van der Waals surface area contributed by atoms with Crippen LogP contribution < -0.4 is 10.6 Å². The van der Waals surface area contributed by atoms with Gasteiger partial charge in [-0.15, -0.1) is 0 Å². The number of ether oxygens (including phenoxy) is 4. The van der Waals surface area contributed by atoms with Crippen LogP contribution in [0.2, 0.25) is 0 Å². The van der Waals surface area contributed by atoms with Crippen molar-refractivity contribution in [3.63, 3.8) is 0 Å². The summed E-state index contributed by atoms with van der Waals surface area (Å²) in [6, 6.07) is -2.65. The molecule has 1 rings (SSSR count). The largest absolute Gasteiger partial charge is 0.470 e. The minimum Gasteiger partial charge on any atom is -0.462 e. The number of carbonyl (C=O) groups is 4. The van der Waals surface area contributed by atoms with Gasteiger partial charge in [-0.05, 0) is 44.9 Å². The number of allylic oxidation sites excluding steroid dienone is 1. The predicted molar refractivity (Wildman–Crippen MR) is 418 cm³/mol. The van der Waals surface area contributed by atoms with Crippen LogP contribution in [0.25, 0.3) is 0 Å². The van der Waals surface area contributed by atoms with Crippen LogP contribution in [0.1, 0.15) is 433 Å². The Balaban J connectivity index is 3.57. The summed E-state index contributed by atoms with van der Waals surface area (Å²) in [7, 11) is -5.46. The molecule has 1 heterocycles. The van der Waals surface area contributed by atoms with Crippen LogP contribution in [0.15, 0.2) is 12.2 Å². The van der Waals surface area contributed by atoms with Crippen LogP contribution in [0.5, 0.6) is 0 Å². The highest BCUT2D eigenvalue weighted by Gasteiger charge is 2.52. The summed E-state index contributed by atoms with van der Waals surface area (Å²) in [6.45, 7) is 9.79. The summed E-state index contributed by atoms with van der Waals surface area (Å²) >= 11 is 0. The lowest BCUT2D eigenvalue weighted by Gasteiger charge is -2.45. The number of aliphatic hydroxyl groups is 3. The van der Waals surface area contributed by atoms with Gasteiger partial charge in [-0.1, -0.05) is 374 Å². The normalized spacial score (nSPS) is 17.6. The van der Waals surface area contributed by atoms with Crippen LogP contribution in [0.3, 0.4) is 0 Å². The Bertz CT molecular complexity index is 2000. The van der Waals surface area contributed by atoms with E-state index in [9.17, 15) is 48.8 Å². The number of rotatable bonds is 76. The molecule has 0 radical (unpaired) electrons. The molecule has 0 bridgehead atoms. The third-order valence-corrected chi connectivity index (χ3v) is 21.1. The van der Waals surface area contributed by atoms with Gasteiger partial charge >= 0.3 is 19.8 Å². The Hall–Kier alpha value is -2.47. The highest BCUT2D eigenvalue weighted by molar-refractivity contribution is 7.46. The van der Waals surface area contributed by atoms with E-state index < -0.39 is 100 Å². The summed E-state index contributed by atoms with van der Waals surface area (Å²) in [5.41, 5.74) is 0. The van der Waals surface area contributed by atoms with Crippen molar-refractivity contribution in [2.45, 2.75) is 488 Å². The number of unbranched alkanes of at least 4 members (excludes halogenated alkanes) is 51. The first-order valence-corrected chi connectivity index (χ1v) is 44.8. The van der Waals surface area contributed by atoms with Crippen LogP contribution >= 0.6 is 7.82 Å². The quantitative estimate of drug-likeness (QED) is 0.0129. The van der Waals surface area contributed by atoms with Crippen LogP contribution in [-0.4, -0.2) is 117 Å². The van der Waals surface area contributed by atoms with Crippen molar-refractivity contribution in [3.8, 4) is 0 Å². The molecule has 2 amide bonds. The monoisotopic (exact) mass is 1470 g/mol. The second-order valence-corrected chi connectivity index (χ2v) is 31.7. The number of aliphatic hydroxyl groups excluding tert-OH is 3. The Kier molecular flexibility index (Phi) is 67.1. The summed E-state index contributed by atoms with van der Waals surface area (Å²) < 4.78 is 43.4. The van der Waals surface area contributed by atoms with Crippen molar-refractivity contribution >= 4 is 31.6 Å². The lowest BCUT2D eigenvalue weighted by Crippen LogP contribution is -2.66. The van der Waals surface area contributed by atoms with Crippen LogP contribution in [0.4, 0.5) is 0 Å². The molecule has 18 heteroatoms. The number of hydrogen-bond donors (Lipinski definition) is 7. The van der Waals surface area contributed by atoms with Gasteiger partial charge in [-0.25, -0.2) is 4.57 Å². The molecule has 17 nitrogen and oxygen atoms in total. The molecular formula is C84H161N2O15P. The fraction of sp³-hybridized carbons (Fsp3) is 0.929. The zero-order valence-corrected chi connectivity index (χ0v) is 67.3. The van der Waals surface area contributed by atoms with E-state index in [0.29, 0.717) is 44.9 Å². The van der Waals surface area contributed by atoms with Gasteiger partial charge in [0.15, 0.2) is 12.4 Å². The van der Waals surface area contributed by atoms with Crippen molar-refractivity contribution in [2.75, 3.05) is 13.2 Å². The summed E-state index contributed by atoms with van der Waals surface area (Å²) in [5, 5.41) is 40.0. The number of nitrogens with one attached hydrogen (secondary N) is 2. The topological polar surface area (TPSA) is 257 Å². The fourth-order valence-corrected chi connectivity index (χ4v) is 14.7. The number of hydrogen-bond acceptors (Lipinski definition) is 13. The van der Waals surface area contributed by atoms with Crippen LogP contribution in [0, 0.1) is 0 Å². The van der Waals surface area contributed by atoms with Gasteiger partial charge in [0, 0.05) is 12.8 Å². The zero-order valence-electron chi connectivity index (χ0n) is 66.4. The second kappa shape index (κ2) is 70.2. The predicted octanol–water partition coefficient (Wildman–Crippen LogP) is 21.6. The fourth-order valence-electron chi connectivity index (χ4n) is 14.1. The number of carbonyl (C=O) groups excluding carboxylic acids is 4. The van der Waals surface area contributed by atoms with Gasteiger partial charge < -0.3 is 54.7 Å². The molecule has 0 aromatic carbocycles. The van der Waals surface area contributed by atoms with E-state index in [0.717, 1.165) is 109 Å². The molecule has 602 valence electrons. The molecule has 0 saturated carbocycles. The average molecular weight is 1470 g/mol. The Morgan fingerprint density at radius 3 is 1.23 bits per heavy atom. The highest BCUT2D eigenvalue weighted by atomic mass is 31.2. The average Bonchev–Trinajstić information content (AvgIpc) is 0.781. The van der Waals surface area contributed by atoms with Gasteiger partial charge in [0.2, 0.25) is 11.8 Å². The standard InChI is InChI=1S/C84H161N2O15P/c1-6-11-16-21-26-31-34-36-37-39-42-46-51-56-61-66-77(90)85-74(75(89)65-60-55-50-45-41-38-35-32-27-22-17-12-7-2)71-97-84-81(86-78(91)68-72(88)63-58-53-48-43-29-24-19-14-9-4)83(82(76(70-87)99-84)101-102(94,95)96)100-80(93)69-73(64-59-54-49-44-30-25-20-15-10-5)98-79(92)67-62-57-52-47-40-33-28-23-18-13-8-3/h60,65,72-76,81-84,87-89H,6-59,61-64,66-71H2,1-5H3,(H,85,90)(H,86,91)(H2,94,95,96)/b65-60+/t72-,73-,74+,75-,76-,81-,82-,83-,84-/m1/s1. The molecule has 0 unspecified atom stereocenters. The minimum atomic E-state index is -5.46. The SMILES string of the molecule is CCCCCCCCCCCCC/C=C/[C@@H](O)[C@H](CO[C@@H]1O[C@H](CO)[C@@H](OP(=O)(O)O)[C@H](OC(=O)C[C@@H](CCCCCCCCCCC)OC(=O)CCCCCCCCCCCCC)[C@H]1NC(=O)C[C@H](O)CCCCCCCCCCC)NC(=O)CCCCCCCCCCCCCCCCC. The Morgan fingerprint density at radius 1 is 0.451 bits per heavy atom. The zero-order chi connectivity index (χ0) is 74.6. The maximum atomic E-state index is 14.6. The molecule has 0 aromatic heterocycles. The molecule has 0 aliphatic carbocycles. The molecule has 0 aromatic rings. The van der Waals surface area contributed by atoms with Gasteiger partial charge in [-0.3, -0.25) is 23.7 Å². The summed E-state index contributed by atoms with van der Waals surface area (Å²) in [6.07, 6.45) is 56.9. The molecule has 0 spiro atoms. The molecule has 1 saturated heterocycles. The molecule has 9 atom stereocenters. The molecular weight excluding hydrogens is 1310 g/mol. The molecule has 1 fully saturated rings. The maximum Gasteiger partial charge on any atom is 0.470 e. The van der Waals surface area contributed by atoms with Crippen molar-refractivity contribution in [1.29, 1.82) is 0 Å². The summed E-state index contributed by atoms with van der Waals surface area (Å²) in [5.74, 6) is -2.36. The minimum absolute atomic E-state index is 0.180. The Morgan fingerprint density at radius 2 is 0.824 bits per heavy atom. The first-order valence-electron chi connectivity index (χ1n) is 43.2. The van der Waals surface area contributed by atoms with Crippen molar-refractivity contribution < 1.29 is 72.3 Å². The van der Waals surface area contributed by atoms with Gasteiger partial charge in [0.1, 0.15) is 24.4 Å². The van der Waals surface area contributed by atoms with E-state index in [1.807, 2.05) is 6.08 Å². The van der Waals surface area contributed by atoms with E-state index >= 15 is 0 Å². The van der Waals surface area contributed by atoms with E-state index in [2.05, 4.69) is 45.3 Å². The number of phosphoric ester groups is 1. The van der Waals surface area contributed by atoms with Crippen molar-refractivity contribution in [2.24, 2.45) is 0 Å². The molecule has 1 aliphatic heterocycles. The van der Waals surface area contributed by atoms with Gasteiger partial charge in [0.05, 0.1) is 44.3 Å².